The Hall–Kier alpha value is -1.57. The van der Waals surface area contributed by atoms with Crippen LogP contribution in [0.4, 0.5) is 0 Å². The number of allylic oxidation sites excluding steroid dienone is 1. The van der Waals surface area contributed by atoms with Gasteiger partial charge in [0.2, 0.25) is 0 Å². The molecular formula is C11H9O2-. The van der Waals surface area contributed by atoms with Crippen molar-refractivity contribution < 1.29 is 9.90 Å². The number of fused-ring (bicyclic) bond motifs is 1. The molecule has 0 aliphatic heterocycles. The highest BCUT2D eigenvalue weighted by Gasteiger charge is 2.05. The van der Waals surface area contributed by atoms with E-state index in [1.54, 1.807) is 0 Å². The van der Waals surface area contributed by atoms with Crippen molar-refractivity contribution in [2.75, 3.05) is 0 Å². The van der Waals surface area contributed by atoms with Crippen LogP contribution in [0.3, 0.4) is 0 Å². The Morgan fingerprint density at radius 3 is 3.08 bits per heavy atom. The Labute approximate surface area is 76.5 Å². The van der Waals surface area contributed by atoms with Gasteiger partial charge in [-0.2, -0.15) is 0 Å². The zero-order valence-electron chi connectivity index (χ0n) is 7.12. The highest BCUT2D eigenvalue weighted by Crippen LogP contribution is 2.20. The number of carbonyl (C=O) groups is 1. The van der Waals surface area contributed by atoms with Crippen molar-refractivity contribution in [3.63, 3.8) is 0 Å². The van der Waals surface area contributed by atoms with Crippen molar-refractivity contribution in [2.45, 2.75) is 12.8 Å². The number of hydrogen-bond acceptors (Lipinski definition) is 2. The molecule has 2 heteroatoms. The maximum atomic E-state index is 10.3. The number of hydrogen-bond donors (Lipinski definition) is 0. The minimum atomic E-state index is -1.02. The number of carboxylic acids is 1. The van der Waals surface area contributed by atoms with Gasteiger partial charge in [-0.05, 0) is 23.1 Å². The first-order chi connectivity index (χ1) is 6.25. The van der Waals surface area contributed by atoms with E-state index in [-0.39, 0.29) is 6.42 Å². The van der Waals surface area contributed by atoms with Crippen LogP contribution in [0.15, 0.2) is 24.3 Å². The summed E-state index contributed by atoms with van der Waals surface area (Å²) in [4.78, 5) is 10.3. The molecule has 66 valence electrons. The Balaban J connectivity index is 2.28. The third-order valence-electron chi connectivity index (χ3n) is 2.19. The largest absolute Gasteiger partial charge is 0.550 e. The fourth-order valence-electron chi connectivity index (χ4n) is 1.59. The first-order valence-corrected chi connectivity index (χ1v) is 4.24. The van der Waals surface area contributed by atoms with Crippen LogP contribution in [0.2, 0.25) is 0 Å². The molecule has 2 rings (SSSR count). The summed E-state index contributed by atoms with van der Waals surface area (Å²) in [6, 6.07) is 5.73. The first kappa shape index (κ1) is 8.05. The average Bonchev–Trinajstić information content (AvgIpc) is 2.49. The standard InChI is InChI=1S/C11H10O2/c12-11(13)7-8-4-5-9-2-1-3-10(9)6-8/h1-2,4-6H,3,7H2,(H,12,13)/p-1. The molecule has 1 aromatic rings. The number of aliphatic carboxylic acids is 1. The fourth-order valence-corrected chi connectivity index (χ4v) is 1.59. The number of benzene rings is 1. The summed E-state index contributed by atoms with van der Waals surface area (Å²) < 4.78 is 0. The van der Waals surface area contributed by atoms with Crippen molar-refractivity contribution in [1.29, 1.82) is 0 Å². The highest BCUT2D eigenvalue weighted by molar-refractivity contribution is 5.69. The lowest BCUT2D eigenvalue weighted by Crippen LogP contribution is -2.24. The predicted molar refractivity (Wildman–Crippen MR) is 47.9 cm³/mol. The summed E-state index contributed by atoms with van der Waals surface area (Å²) >= 11 is 0. The van der Waals surface area contributed by atoms with Crippen LogP contribution in [0.1, 0.15) is 16.7 Å². The molecule has 0 aromatic heterocycles. The van der Waals surface area contributed by atoms with E-state index in [4.69, 9.17) is 0 Å². The molecule has 0 fully saturated rings. The second kappa shape index (κ2) is 3.05. The quantitative estimate of drug-likeness (QED) is 0.655. The van der Waals surface area contributed by atoms with Gasteiger partial charge >= 0.3 is 0 Å². The Bertz CT molecular complexity index is 378. The van der Waals surface area contributed by atoms with E-state index in [1.807, 2.05) is 18.2 Å². The maximum Gasteiger partial charge on any atom is 0.0458 e. The van der Waals surface area contributed by atoms with Crippen LogP contribution in [0, 0.1) is 0 Å². The average molecular weight is 173 g/mol. The molecule has 0 amide bonds. The molecule has 1 aliphatic rings. The van der Waals surface area contributed by atoms with Crippen LogP contribution in [-0.4, -0.2) is 5.97 Å². The van der Waals surface area contributed by atoms with E-state index >= 15 is 0 Å². The number of rotatable bonds is 2. The van der Waals surface area contributed by atoms with Crippen molar-refractivity contribution in [3.05, 3.63) is 41.0 Å². The van der Waals surface area contributed by atoms with Crippen LogP contribution in [-0.2, 0) is 17.6 Å². The lowest BCUT2D eigenvalue weighted by Gasteiger charge is -2.05. The van der Waals surface area contributed by atoms with E-state index in [0.29, 0.717) is 0 Å². The van der Waals surface area contributed by atoms with E-state index in [1.165, 1.54) is 11.1 Å². The van der Waals surface area contributed by atoms with Gasteiger partial charge < -0.3 is 9.90 Å². The second-order valence-corrected chi connectivity index (χ2v) is 3.19. The summed E-state index contributed by atoms with van der Waals surface area (Å²) in [5.41, 5.74) is 3.23. The molecule has 1 aromatic carbocycles. The van der Waals surface area contributed by atoms with Gasteiger partial charge in [-0.25, -0.2) is 0 Å². The van der Waals surface area contributed by atoms with Gasteiger partial charge in [0.1, 0.15) is 0 Å². The third-order valence-corrected chi connectivity index (χ3v) is 2.19. The Kier molecular flexibility index (Phi) is 1.89. The molecule has 0 saturated carbocycles. The summed E-state index contributed by atoms with van der Waals surface area (Å²) in [7, 11) is 0. The minimum absolute atomic E-state index is 0.00722. The minimum Gasteiger partial charge on any atom is -0.550 e. The zero-order chi connectivity index (χ0) is 9.26. The summed E-state index contributed by atoms with van der Waals surface area (Å²) in [5, 5.41) is 10.3. The summed E-state index contributed by atoms with van der Waals surface area (Å²) in [5.74, 6) is -1.02. The molecule has 1 aliphatic carbocycles. The molecule has 0 N–H and O–H groups in total. The molecule has 0 atom stereocenters. The van der Waals surface area contributed by atoms with Crippen LogP contribution < -0.4 is 5.11 Å². The Morgan fingerprint density at radius 2 is 2.31 bits per heavy atom. The van der Waals surface area contributed by atoms with E-state index in [2.05, 4.69) is 12.2 Å². The molecule has 0 heterocycles. The van der Waals surface area contributed by atoms with Gasteiger partial charge in [-0.3, -0.25) is 0 Å². The second-order valence-electron chi connectivity index (χ2n) is 3.19. The smallest absolute Gasteiger partial charge is 0.0458 e. The lowest BCUT2D eigenvalue weighted by atomic mass is 10.0. The number of carboxylic acid groups (broad SMARTS) is 1. The molecule has 0 saturated heterocycles. The third kappa shape index (κ3) is 1.61. The van der Waals surface area contributed by atoms with Gasteiger partial charge in [0.05, 0.1) is 0 Å². The molecule has 0 radical (unpaired) electrons. The summed E-state index contributed by atoms with van der Waals surface area (Å²) in [6.07, 6.45) is 5.05. The van der Waals surface area contributed by atoms with Gasteiger partial charge in [-0.1, -0.05) is 30.4 Å². The normalized spacial score (nSPS) is 12.9. The van der Waals surface area contributed by atoms with Crippen molar-refractivity contribution in [3.8, 4) is 0 Å². The van der Waals surface area contributed by atoms with Crippen LogP contribution in [0.25, 0.3) is 6.08 Å². The molecule has 13 heavy (non-hydrogen) atoms. The van der Waals surface area contributed by atoms with Gasteiger partial charge in [-0.15, -0.1) is 0 Å². The molecular weight excluding hydrogens is 164 g/mol. The summed E-state index contributed by atoms with van der Waals surface area (Å²) in [6.45, 7) is 0. The van der Waals surface area contributed by atoms with Crippen molar-refractivity contribution in [2.24, 2.45) is 0 Å². The maximum absolute atomic E-state index is 10.3. The lowest BCUT2D eigenvalue weighted by molar-refractivity contribution is -0.304. The van der Waals surface area contributed by atoms with E-state index in [9.17, 15) is 9.90 Å². The van der Waals surface area contributed by atoms with E-state index < -0.39 is 5.97 Å². The molecule has 2 nitrogen and oxygen atoms in total. The van der Waals surface area contributed by atoms with Crippen molar-refractivity contribution in [1.82, 2.24) is 0 Å². The predicted octanol–water partition coefficient (Wildman–Crippen LogP) is 0.548. The highest BCUT2D eigenvalue weighted by atomic mass is 16.4. The van der Waals surface area contributed by atoms with Gasteiger partial charge in [0.25, 0.3) is 0 Å². The monoisotopic (exact) mass is 173 g/mol. The van der Waals surface area contributed by atoms with Gasteiger partial charge in [0, 0.05) is 12.4 Å². The zero-order valence-corrected chi connectivity index (χ0v) is 7.12. The molecule has 0 unspecified atom stereocenters. The Morgan fingerprint density at radius 1 is 1.46 bits per heavy atom. The SMILES string of the molecule is O=C([O-])Cc1ccc2c(c1)CC=C2. The molecule has 0 bridgehead atoms. The van der Waals surface area contributed by atoms with Crippen molar-refractivity contribution >= 4 is 12.0 Å². The van der Waals surface area contributed by atoms with Crippen LogP contribution in [0.5, 0.6) is 0 Å². The number of carbonyl (C=O) groups excluding carboxylic acids is 1. The topological polar surface area (TPSA) is 40.1 Å². The molecule has 0 spiro atoms. The van der Waals surface area contributed by atoms with E-state index in [0.717, 1.165) is 12.0 Å². The van der Waals surface area contributed by atoms with Gasteiger partial charge in [0.15, 0.2) is 0 Å². The fraction of sp³-hybridized carbons (Fsp3) is 0.182. The van der Waals surface area contributed by atoms with Crippen LogP contribution >= 0.6 is 0 Å². The first-order valence-electron chi connectivity index (χ1n) is 4.24.